The summed E-state index contributed by atoms with van der Waals surface area (Å²) in [7, 11) is -3.82. The van der Waals surface area contributed by atoms with Crippen molar-refractivity contribution in [3.05, 3.63) is 59.7 Å². The highest BCUT2D eigenvalue weighted by Crippen LogP contribution is 2.18. The van der Waals surface area contributed by atoms with E-state index in [9.17, 15) is 8.42 Å². The van der Waals surface area contributed by atoms with Crippen LogP contribution in [0.4, 0.5) is 0 Å². The molecule has 1 unspecified atom stereocenters. The molecular weight excluding hydrogens is 460 g/mol. The van der Waals surface area contributed by atoms with Crippen LogP contribution in [0.3, 0.4) is 0 Å². The van der Waals surface area contributed by atoms with Gasteiger partial charge in [-0.2, -0.15) is 8.42 Å². The van der Waals surface area contributed by atoms with Crippen LogP contribution in [0.5, 0.6) is 5.75 Å². The van der Waals surface area contributed by atoms with Gasteiger partial charge in [-0.3, -0.25) is 4.18 Å². The van der Waals surface area contributed by atoms with Gasteiger partial charge in [0, 0.05) is 6.61 Å². The van der Waals surface area contributed by atoms with Gasteiger partial charge in [-0.25, -0.2) is 0 Å². The molecule has 188 valence electrons. The predicted octanol–water partition coefficient (Wildman–Crippen LogP) is 3.86. The lowest BCUT2D eigenvalue weighted by Gasteiger charge is -2.22. The van der Waals surface area contributed by atoms with Crippen molar-refractivity contribution in [3.63, 3.8) is 0 Å². The quantitative estimate of drug-likeness (QED) is 0.272. The Bertz CT molecular complexity index is 940. The molecule has 1 aliphatic heterocycles. The second-order valence-corrected chi connectivity index (χ2v) is 9.53. The summed E-state index contributed by atoms with van der Waals surface area (Å²) >= 11 is 0. The van der Waals surface area contributed by atoms with E-state index in [4.69, 9.17) is 27.9 Å². The van der Waals surface area contributed by atoms with Crippen molar-refractivity contribution in [2.24, 2.45) is 0 Å². The second-order valence-electron chi connectivity index (χ2n) is 7.92. The average molecular weight is 495 g/mol. The van der Waals surface area contributed by atoms with Crippen LogP contribution in [0, 0.1) is 6.92 Å². The van der Waals surface area contributed by atoms with Gasteiger partial charge in [0.25, 0.3) is 10.1 Å². The van der Waals surface area contributed by atoms with Gasteiger partial charge in [0.15, 0.2) is 6.29 Å². The third kappa shape index (κ3) is 9.69. The molecule has 2 aromatic rings. The minimum atomic E-state index is -3.82. The number of ether oxygens (including phenoxy) is 5. The molecule has 1 heterocycles. The molecule has 1 fully saturated rings. The number of rotatable bonds is 15. The van der Waals surface area contributed by atoms with E-state index in [0.717, 1.165) is 31.4 Å². The summed E-state index contributed by atoms with van der Waals surface area (Å²) in [6.45, 7) is 5.35. The topological polar surface area (TPSA) is 89.5 Å². The van der Waals surface area contributed by atoms with Crippen molar-refractivity contribution in [2.75, 3.05) is 46.2 Å². The Kier molecular flexibility index (Phi) is 11.3. The highest BCUT2D eigenvalue weighted by atomic mass is 32.2. The third-order valence-corrected chi connectivity index (χ3v) is 6.40. The minimum Gasteiger partial charge on any atom is -0.491 e. The van der Waals surface area contributed by atoms with Gasteiger partial charge in [-0.15, -0.1) is 0 Å². The minimum absolute atomic E-state index is 0.0716. The smallest absolute Gasteiger partial charge is 0.297 e. The molecule has 0 aromatic heterocycles. The van der Waals surface area contributed by atoms with Crippen LogP contribution >= 0.6 is 0 Å². The fourth-order valence-corrected chi connectivity index (χ4v) is 4.16. The number of hydrogen-bond donors (Lipinski definition) is 0. The highest BCUT2D eigenvalue weighted by Gasteiger charge is 2.15. The Labute approximate surface area is 202 Å². The lowest BCUT2D eigenvalue weighted by atomic mass is 10.2. The SMILES string of the molecule is Cc1ccc(S(=O)(=O)OCc2cccc(OCCOCCOCCOC3CCCCO3)c2)cc1. The monoisotopic (exact) mass is 494 g/mol. The van der Waals surface area contributed by atoms with Crippen LogP contribution in [0.15, 0.2) is 53.4 Å². The zero-order valence-electron chi connectivity index (χ0n) is 19.6. The molecule has 8 nitrogen and oxygen atoms in total. The van der Waals surface area contributed by atoms with Gasteiger partial charge >= 0.3 is 0 Å². The van der Waals surface area contributed by atoms with Crippen LogP contribution < -0.4 is 4.74 Å². The summed E-state index contributed by atoms with van der Waals surface area (Å²) in [5, 5.41) is 0. The number of hydrogen-bond acceptors (Lipinski definition) is 8. The van der Waals surface area contributed by atoms with Gasteiger partial charge in [-0.1, -0.05) is 29.8 Å². The predicted molar refractivity (Wildman–Crippen MR) is 126 cm³/mol. The van der Waals surface area contributed by atoms with Crippen LogP contribution in [0.2, 0.25) is 0 Å². The molecule has 0 spiro atoms. The molecule has 0 amide bonds. The van der Waals surface area contributed by atoms with Crippen molar-refractivity contribution in [3.8, 4) is 5.75 Å². The molecule has 1 aliphatic rings. The summed E-state index contributed by atoms with van der Waals surface area (Å²) in [6.07, 6.45) is 3.12. The lowest BCUT2D eigenvalue weighted by Crippen LogP contribution is -2.24. The van der Waals surface area contributed by atoms with E-state index in [-0.39, 0.29) is 17.8 Å². The number of aryl methyl sites for hydroxylation is 1. The normalized spacial score (nSPS) is 16.4. The van der Waals surface area contributed by atoms with E-state index in [1.54, 1.807) is 36.4 Å². The molecule has 0 bridgehead atoms. The molecule has 0 N–H and O–H groups in total. The first-order chi connectivity index (χ1) is 16.5. The van der Waals surface area contributed by atoms with Crippen molar-refractivity contribution < 1.29 is 36.3 Å². The second kappa shape index (κ2) is 14.4. The Morgan fingerprint density at radius 3 is 2.38 bits per heavy atom. The maximum absolute atomic E-state index is 12.3. The van der Waals surface area contributed by atoms with Crippen molar-refractivity contribution >= 4 is 10.1 Å². The van der Waals surface area contributed by atoms with E-state index in [1.165, 1.54) is 12.1 Å². The van der Waals surface area contributed by atoms with Crippen molar-refractivity contribution in [1.29, 1.82) is 0 Å². The molecular formula is C25H34O8S. The number of benzene rings is 2. The van der Waals surface area contributed by atoms with Crippen LogP contribution in [-0.2, 0) is 39.9 Å². The zero-order valence-corrected chi connectivity index (χ0v) is 20.5. The van der Waals surface area contributed by atoms with Gasteiger partial charge in [0.05, 0.1) is 44.5 Å². The van der Waals surface area contributed by atoms with Gasteiger partial charge in [0.1, 0.15) is 12.4 Å². The summed E-state index contributed by atoms with van der Waals surface area (Å²) in [6, 6.07) is 13.7. The maximum atomic E-state index is 12.3. The zero-order chi connectivity index (χ0) is 24.1. The van der Waals surface area contributed by atoms with Gasteiger partial charge < -0.3 is 23.7 Å². The summed E-state index contributed by atoms with van der Waals surface area (Å²) in [5.74, 6) is 0.621. The standard InChI is InChI=1S/C25H34O8S/c1-21-8-10-24(11-9-21)34(26,27)33-20-22-5-4-6-23(19-22)30-17-15-28-13-14-29-16-18-32-25-7-2-3-12-31-25/h4-6,8-11,19,25H,2-3,7,12-18,20H2,1H3. The molecule has 2 aromatic carbocycles. The first-order valence-electron chi connectivity index (χ1n) is 11.6. The summed E-state index contributed by atoms with van der Waals surface area (Å²) < 4.78 is 57.6. The fraction of sp³-hybridized carbons (Fsp3) is 0.520. The molecule has 1 saturated heterocycles. The largest absolute Gasteiger partial charge is 0.491 e. The Morgan fingerprint density at radius 2 is 1.65 bits per heavy atom. The van der Waals surface area contributed by atoms with E-state index < -0.39 is 10.1 Å². The first kappa shape index (κ1) is 26.6. The third-order valence-electron chi connectivity index (χ3n) is 5.13. The lowest BCUT2D eigenvalue weighted by molar-refractivity contribution is -0.169. The molecule has 9 heteroatoms. The van der Waals surface area contributed by atoms with Crippen LogP contribution in [0.1, 0.15) is 30.4 Å². The molecule has 1 atom stereocenters. The van der Waals surface area contributed by atoms with Crippen LogP contribution in [0.25, 0.3) is 0 Å². The molecule has 3 rings (SSSR count). The van der Waals surface area contributed by atoms with E-state index >= 15 is 0 Å². The Balaban J connectivity index is 1.25. The molecule has 0 saturated carbocycles. The summed E-state index contributed by atoms with van der Waals surface area (Å²) in [4.78, 5) is 0.136. The first-order valence-corrected chi connectivity index (χ1v) is 13.0. The summed E-state index contributed by atoms with van der Waals surface area (Å²) in [5.41, 5.74) is 1.68. The Morgan fingerprint density at radius 1 is 0.912 bits per heavy atom. The van der Waals surface area contributed by atoms with E-state index in [2.05, 4.69) is 0 Å². The fourth-order valence-electron chi connectivity index (χ4n) is 3.27. The van der Waals surface area contributed by atoms with Crippen molar-refractivity contribution in [2.45, 2.75) is 44.0 Å². The molecule has 0 aliphatic carbocycles. The van der Waals surface area contributed by atoms with Crippen LogP contribution in [-0.4, -0.2) is 61.0 Å². The Hall–Kier alpha value is -2.01. The van der Waals surface area contributed by atoms with Gasteiger partial charge in [0.2, 0.25) is 0 Å². The molecule has 0 radical (unpaired) electrons. The van der Waals surface area contributed by atoms with Crippen molar-refractivity contribution in [1.82, 2.24) is 0 Å². The van der Waals surface area contributed by atoms with Gasteiger partial charge in [-0.05, 0) is 56.0 Å². The molecule has 34 heavy (non-hydrogen) atoms. The maximum Gasteiger partial charge on any atom is 0.297 e. The van der Waals surface area contributed by atoms with E-state index in [1.807, 2.05) is 6.92 Å². The highest BCUT2D eigenvalue weighted by molar-refractivity contribution is 7.86. The van der Waals surface area contributed by atoms with E-state index in [0.29, 0.717) is 51.0 Å². The average Bonchev–Trinajstić information content (AvgIpc) is 2.85.